The maximum Gasteiger partial charge on any atom is 0.329 e. The molecule has 0 radical (unpaired) electrons. The number of amides is 2. The van der Waals surface area contributed by atoms with Crippen molar-refractivity contribution in [3.05, 3.63) is 0 Å². The molecule has 1 heterocycles. The van der Waals surface area contributed by atoms with Gasteiger partial charge in [0.05, 0.1) is 13.5 Å². The van der Waals surface area contributed by atoms with E-state index in [1.165, 1.54) is 16.9 Å². The molecule has 0 bridgehead atoms. The summed E-state index contributed by atoms with van der Waals surface area (Å²) in [5.74, 6) is -0.746. The summed E-state index contributed by atoms with van der Waals surface area (Å²) in [6.07, 6.45) is 1.50. The highest BCUT2D eigenvalue weighted by atomic mass is 16.6. The molecule has 7 nitrogen and oxygen atoms in total. The second-order valence-electron chi connectivity index (χ2n) is 6.42. The van der Waals surface area contributed by atoms with Gasteiger partial charge in [-0.2, -0.15) is 0 Å². The molecule has 1 rings (SSSR count). The minimum absolute atomic E-state index is 0.129. The Balaban J connectivity index is 2.63. The lowest BCUT2D eigenvalue weighted by Crippen LogP contribution is -2.48. The molecular formula is C15H26N2O5. The van der Waals surface area contributed by atoms with E-state index in [1.807, 2.05) is 0 Å². The van der Waals surface area contributed by atoms with Gasteiger partial charge in [-0.15, -0.1) is 0 Å². The van der Waals surface area contributed by atoms with E-state index < -0.39 is 11.6 Å². The Kier molecular flexibility index (Phi) is 6.20. The Bertz CT molecular complexity index is 430. The van der Waals surface area contributed by atoms with Crippen LogP contribution in [0.4, 0.5) is 4.79 Å². The normalized spacial score (nSPS) is 18.0. The van der Waals surface area contributed by atoms with Crippen LogP contribution in [0.3, 0.4) is 0 Å². The minimum Gasteiger partial charge on any atom is -0.469 e. The number of carbonyl (C=O) groups excluding carboxylic acids is 3. The van der Waals surface area contributed by atoms with Gasteiger partial charge in [0.25, 0.3) is 0 Å². The summed E-state index contributed by atoms with van der Waals surface area (Å²) in [5.41, 5.74) is -0.578. The molecule has 0 unspecified atom stereocenters. The standard InChI is InChI=1S/C15H26N2O5/c1-15(2,3)22-13(19)11-7-6-9-17(11)14(20)16(4)10-8-12(18)21-5/h11H,6-10H2,1-5H3/t11-/m0/s1. The summed E-state index contributed by atoms with van der Waals surface area (Å²) in [6, 6.07) is -0.815. The van der Waals surface area contributed by atoms with E-state index in [4.69, 9.17) is 4.74 Å². The summed E-state index contributed by atoms with van der Waals surface area (Å²) in [7, 11) is 2.92. The number of ether oxygens (including phenoxy) is 2. The van der Waals surface area contributed by atoms with Crippen LogP contribution in [0.1, 0.15) is 40.0 Å². The fraction of sp³-hybridized carbons (Fsp3) is 0.800. The molecule has 1 fully saturated rings. The highest BCUT2D eigenvalue weighted by Gasteiger charge is 2.38. The first-order valence-corrected chi connectivity index (χ1v) is 7.47. The molecule has 7 heteroatoms. The number of nitrogens with zero attached hydrogens (tertiary/aromatic N) is 2. The van der Waals surface area contributed by atoms with Crippen molar-refractivity contribution >= 4 is 18.0 Å². The molecule has 0 aromatic rings. The van der Waals surface area contributed by atoms with Crippen molar-refractivity contribution in [1.82, 2.24) is 9.80 Å². The number of likely N-dealkylation sites (tertiary alicyclic amines) is 1. The number of urea groups is 1. The molecule has 0 spiro atoms. The van der Waals surface area contributed by atoms with E-state index in [9.17, 15) is 14.4 Å². The molecule has 1 atom stereocenters. The number of hydrogen-bond donors (Lipinski definition) is 0. The molecule has 126 valence electrons. The lowest BCUT2D eigenvalue weighted by atomic mass is 10.1. The van der Waals surface area contributed by atoms with E-state index in [0.717, 1.165) is 6.42 Å². The second kappa shape index (κ2) is 7.47. The Hall–Kier alpha value is -1.79. The van der Waals surface area contributed by atoms with Gasteiger partial charge in [0.15, 0.2) is 0 Å². The lowest BCUT2D eigenvalue weighted by molar-refractivity contribution is -0.159. The average Bonchev–Trinajstić information content (AvgIpc) is 2.90. The monoisotopic (exact) mass is 314 g/mol. The minimum atomic E-state index is -0.578. The largest absolute Gasteiger partial charge is 0.469 e. The van der Waals surface area contributed by atoms with E-state index in [1.54, 1.807) is 27.8 Å². The number of methoxy groups -OCH3 is 1. The highest BCUT2D eigenvalue weighted by molar-refractivity contribution is 5.84. The topological polar surface area (TPSA) is 76.2 Å². The maximum atomic E-state index is 12.4. The van der Waals surface area contributed by atoms with Crippen molar-refractivity contribution in [1.29, 1.82) is 0 Å². The Morgan fingerprint density at radius 3 is 2.45 bits per heavy atom. The molecule has 1 aliphatic rings. The SMILES string of the molecule is COC(=O)CCN(C)C(=O)N1CCC[C@H]1C(=O)OC(C)(C)C. The molecule has 0 N–H and O–H groups in total. The van der Waals surface area contributed by atoms with Gasteiger partial charge in [0, 0.05) is 20.1 Å². The number of esters is 2. The van der Waals surface area contributed by atoms with Crippen molar-refractivity contribution in [3.8, 4) is 0 Å². The zero-order chi connectivity index (χ0) is 16.9. The van der Waals surface area contributed by atoms with E-state index in [0.29, 0.717) is 13.0 Å². The molecule has 1 saturated heterocycles. The summed E-state index contributed by atoms with van der Waals surface area (Å²) in [4.78, 5) is 38.7. The molecule has 0 saturated carbocycles. The fourth-order valence-electron chi connectivity index (χ4n) is 2.29. The van der Waals surface area contributed by atoms with Crippen molar-refractivity contribution in [3.63, 3.8) is 0 Å². The fourth-order valence-corrected chi connectivity index (χ4v) is 2.29. The van der Waals surface area contributed by atoms with Gasteiger partial charge in [-0.3, -0.25) is 4.79 Å². The molecule has 22 heavy (non-hydrogen) atoms. The second-order valence-corrected chi connectivity index (χ2v) is 6.42. The number of hydrogen-bond acceptors (Lipinski definition) is 5. The van der Waals surface area contributed by atoms with Gasteiger partial charge in [-0.1, -0.05) is 0 Å². The van der Waals surface area contributed by atoms with Crippen LogP contribution < -0.4 is 0 Å². The third-order valence-electron chi connectivity index (χ3n) is 3.38. The van der Waals surface area contributed by atoms with Gasteiger partial charge in [-0.25, -0.2) is 9.59 Å². The van der Waals surface area contributed by atoms with Gasteiger partial charge in [-0.05, 0) is 33.6 Å². The van der Waals surface area contributed by atoms with Crippen LogP contribution >= 0.6 is 0 Å². The molecule has 1 aliphatic heterocycles. The molecule has 0 aliphatic carbocycles. The van der Waals surface area contributed by atoms with E-state index >= 15 is 0 Å². The van der Waals surface area contributed by atoms with Gasteiger partial charge in [0.2, 0.25) is 0 Å². The first-order valence-electron chi connectivity index (χ1n) is 7.47. The van der Waals surface area contributed by atoms with Crippen LogP contribution in [0, 0.1) is 0 Å². The Morgan fingerprint density at radius 2 is 1.91 bits per heavy atom. The van der Waals surface area contributed by atoms with E-state index in [2.05, 4.69) is 4.74 Å². The quantitative estimate of drug-likeness (QED) is 0.733. The summed E-state index contributed by atoms with van der Waals surface area (Å²) >= 11 is 0. The van der Waals surface area contributed by atoms with Crippen LogP contribution in [-0.4, -0.2) is 66.7 Å². The van der Waals surface area contributed by atoms with E-state index in [-0.39, 0.29) is 30.9 Å². The summed E-state index contributed by atoms with van der Waals surface area (Å²) in [5, 5.41) is 0. The zero-order valence-electron chi connectivity index (χ0n) is 14.0. The summed E-state index contributed by atoms with van der Waals surface area (Å²) < 4.78 is 9.93. The first-order chi connectivity index (χ1) is 10.2. The average molecular weight is 314 g/mol. The van der Waals surface area contributed by atoms with Crippen LogP contribution in [-0.2, 0) is 19.1 Å². The van der Waals surface area contributed by atoms with Crippen LogP contribution in [0.15, 0.2) is 0 Å². The van der Waals surface area contributed by atoms with Gasteiger partial charge in [0.1, 0.15) is 11.6 Å². The third-order valence-corrected chi connectivity index (χ3v) is 3.38. The lowest BCUT2D eigenvalue weighted by Gasteiger charge is -2.30. The van der Waals surface area contributed by atoms with Gasteiger partial charge < -0.3 is 19.3 Å². The van der Waals surface area contributed by atoms with Crippen LogP contribution in [0.5, 0.6) is 0 Å². The Labute approximate surface area is 131 Å². The maximum absolute atomic E-state index is 12.4. The molecular weight excluding hydrogens is 288 g/mol. The van der Waals surface area contributed by atoms with Crippen LogP contribution in [0.25, 0.3) is 0 Å². The van der Waals surface area contributed by atoms with Crippen molar-refractivity contribution in [2.24, 2.45) is 0 Å². The molecule has 2 amide bonds. The third kappa shape index (κ3) is 5.20. The Morgan fingerprint density at radius 1 is 1.27 bits per heavy atom. The molecule has 0 aromatic heterocycles. The van der Waals surface area contributed by atoms with Crippen molar-refractivity contribution < 1.29 is 23.9 Å². The summed E-state index contributed by atoms with van der Waals surface area (Å²) in [6.45, 7) is 6.17. The van der Waals surface area contributed by atoms with Crippen molar-refractivity contribution in [2.75, 3.05) is 27.2 Å². The number of rotatable bonds is 4. The predicted molar refractivity (Wildman–Crippen MR) is 80.2 cm³/mol. The smallest absolute Gasteiger partial charge is 0.329 e. The van der Waals surface area contributed by atoms with Gasteiger partial charge >= 0.3 is 18.0 Å². The molecule has 0 aromatic carbocycles. The number of carbonyl (C=O) groups is 3. The van der Waals surface area contributed by atoms with Crippen LogP contribution in [0.2, 0.25) is 0 Å². The zero-order valence-corrected chi connectivity index (χ0v) is 14.0. The van der Waals surface area contributed by atoms with Crippen molar-refractivity contribution in [2.45, 2.75) is 51.7 Å². The predicted octanol–water partition coefficient (Wildman–Crippen LogP) is 1.41. The first kappa shape index (κ1) is 18.3. The highest BCUT2D eigenvalue weighted by Crippen LogP contribution is 2.22.